The molecular formula is C26H36N6O4. The largest absolute Gasteiger partial charge is 0.378 e. The van der Waals surface area contributed by atoms with Gasteiger partial charge in [-0.15, -0.1) is 0 Å². The third kappa shape index (κ3) is 6.57. The highest BCUT2D eigenvalue weighted by Crippen LogP contribution is 2.29. The second-order valence-corrected chi connectivity index (χ2v) is 9.34. The molecule has 2 N–H and O–H groups in total. The van der Waals surface area contributed by atoms with Crippen molar-refractivity contribution in [2.75, 3.05) is 37.8 Å². The summed E-state index contributed by atoms with van der Waals surface area (Å²) in [6.07, 6.45) is 5.86. The highest BCUT2D eigenvalue weighted by atomic mass is 16.5. The lowest BCUT2D eigenvalue weighted by Crippen LogP contribution is -2.37. The maximum Gasteiger partial charge on any atom is 0.243 e. The minimum atomic E-state index is -0.331. The standard InChI is InChI=1S/C26H36N6O4/c1-19(2)32-18-27-24-23(28-26(29-25(24)32)31-12-15-35-16-13-31)21-10-8-20(9-11-21)17-36-14-6-4-3-5-7-22(33)30-34/h8-11,18-19,34H,3-7,12-17H2,1-2H3,(H,30,33). The smallest absolute Gasteiger partial charge is 0.243 e. The minimum Gasteiger partial charge on any atom is -0.378 e. The third-order valence-corrected chi connectivity index (χ3v) is 6.32. The summed E-state index contributed by atoms with van der Waals surface area (Å²) in [4.78, 5) is 27.7. The number of hydroxylamine groups is 1. The van der Waals surface area contributed by atoms with Crippen molar-refractivity contribution >= 4 is 23.0 Å². The molecule has 3 aromatic rings. The van der Waals surface area contributed by atoms with Crippen LogP contribution in [0.2, 0.25) is 0 Å². The number of imidazole rings is 1. The zero-order valence-corrected chi connectivity index (χ0v) is 21.2. The molecule has 1 fully saturated rings. The number of fused-ring (bicyclic) bond motifs is 1. The number of rotatable bonds is 12. The molecule has 0 atom stereocenters. The summed E-state index contributed by atoms with van der Waals surface area (Å²) in [5, 5.41) is 8.50. The summed E-state index contributed by atoms with van der Waals surface area (Å²) >= 11 is 0. The summed E-state index contributed by atoms with van der Waals surface area (Å²) in [6, 6.07) is 8.54. The molecule has 1 amide bonds. The molecule has 1 saturated heterocycles. The van der Waals surface area contributed by atoms with E-state index in [4.69, 9.17) is 24.6 Å². The van der Waals surface area contributed by atoms with Crippen molar-refractivity contribution < 1.29 is 19.5 Å². The lowest BCUT2D eigenvalue weighted by molar-refractivity contribution is -0.129. The van der Waals surface area contributed by atoms with Gasteiger partial charge in [-0.2, -0.15) is 4.98 Å². The van der Waals surface area contributed by atoms with Crippen LogP contribution in [0.15, 0.2) is 30.6 Å². The van der Waals surface area contributed by atoms with Crippen LogP contribution in [0.25, 0.3) is 22.4 Å². The van der Waals surface area contributed by atoms with Gasteiger partial charge in [-0.3, -0.25) is 10.0 Å². The van der Waals surface area contributed by atoms with Crippen LogP contribution >= 0.6 is 0 Å². The van der Waals surface area contributed by atoms with Crippen LogP contribution in [0.5, 0.6) is 0 Å². The number of nitrogens with one attached hydrogen (secondary N) is 1. The van der Waals surface area contributed by atoms with Crippen molar-refractivity contribution in [1.82, 2.24) is 25.0 Å². The number of amides is 1. The van der Waals surface area contributed by atoms with Gasteiger partial charge in [-0.1, -0.05) is 37.1 Å². The fraction of sp³-hybridized carbons (Fsp3) is 0.538. The topological polar surface area (TPSA) is 115 Å². The van der Waals surface area contributed by atoms with Gasteiger partial charge < -0.3 is 18.9 Å². The first-order valence-corrected chi connectivity index (χ1v) is 12.7. The highest BCUT2D eigenvalue weighted by molar-refractivity contribution is 5.88. The fourth-order valence-corrected chi connectivity index (χ4v) is 4.24. The number of benzene rings is 1. The molecule has 1 aliphatic rings. The van der Waals surface area contributed by atoms with Gasteiger partial charge in [0.05, 0.1) is 26.1 Å². The lowest BCUT2D eigenvalue weighted by atomic mass is 10.1. The molecular weight excluding hydrogens is 460 g/mol. The van der Waals surface area contributed by atoms with Gasteiger partial charge in [0.25, 0.3) is 0 Å². The third-order valence-electron chi connectivity index (χ3n) is 6.32. The second kappa shape index (κ2) is 12.8. The molecule has 36 heavy (non-hydrogen) atoms. The number of hydrogen-bond donors (Lipinski definition) is 2. The number of hydrogen-bond acceptors (Lipinski definition) is 8. The molecule has 0 radical (unpaired) electrons. The fourth-order valence-electron chi connectivity index (χ4n) is 4.24. The molecule has 0 aliphatic carbocycles. The Kier molecular flexibility index (Phi) is 9.21. The average Bonchev–Trinajstić information content (AvgIpc) is 3.35. The Morgan fingerprint density at radius 3 is 2.58 bits per heavy atom. The summed E-state index contributed by atoms with van der Waals surface area (Å²) in [5.41, 5.74) is 6.25. The second-order valence-electron chi connectivity index (χ2n) is 9.34. The Labute approximate surface area is 211 Å². The number of nitrogens with zero attached hydrogens (tertiary/aromatic N) is 5. The molecule has 194 valence electrons. The van der Waals surface area contributed by atoms with Crippen LogP contribution in [0.1, 0.15) is 57.6 Å². The number of anilines is 1. The summed E-state index contributed by atoms with van der Waals surface area (Å²) in [5.74, 6) is 0.385. The molecule has 10 heteroatoms. The first-order valence-electron chi connectivity index (χ1n) is 12.7. The average molecular weight is 497 g/mol. The predicted molar refractivity (Wildman–Crippen MR) is 137 cm³/mol. The monoisotopic (exact) mass is 496 g/mol. The Morgan fingerprint density at radius 2 is 1.86 bits per heavy atom. The van der Waals surface area contributed by atoms with Crippen molar-refractivity contribution in [3.05, 3.63) is 36.2 Å². The molecule has 2 aromatic heterocycles. The zero-order valence-electron chi connectivity index (χ0n) is 21.2. The van der Waals surface area contributed by atoms with E-state index >= 15 is 0 Å². The molecule has 0 unspecified atom stereocenters. The van der Waals surface area contributed by atoms with Gasteiger partial charge in [-0.25, -0.2) is 15.4 Å². The molecule has 0 spiro atoms. The van der Waals surface area contributed by atoms with Crippen LogP contribution < -0.4 is 10.4 Å². The van der Waals surface area contributed by atoms with E-state index in [-0.39, 0.29) is 11.9 Å². The molecule has 4 rings (SSSR count). The van der Waals surface area contributed by atoms with E-state index in [0.29, 0.717) is 38.8 Å². The number of aromatic nitrogens is 4. The predicted octanol–water partition coefficient (Wildman–Crippen LogP) is 3.88. The van der Waals surface area contributed by atoms with E-state index in [1.165, 1.54) is 0 Å². The molecule has 3 heterocycles. The zero-order chi connectivity index (χ0) is 25.3. The summed E-state index contributed by atoms with van der Waals surface area (Å²) in [7, 11) is 0. The van der Waals surface area contributed by atoms with Crippen LogP contribution in [0, 0.1) is 0 Å². The maximum atomic E-state index is 11.0. The van der Waals surface area contributed by atoms with Crippen molar-refractivity contribution in [1.29, 1.82) is 0 Å². The van der Waals surface area contributed by atoms with E-state index in [9.17, 15) is 4.79 Å². The van der Waals surface area contributed by atoms with Gasteiger partial charge in [0.1, 0.15) is 11.2 Å². The van der Waals surface area contributed by atoms with E-state index < -0.39 is 0 Å². The van der Waals surface area contributed by atoms with Crippen molar-refractivity contribution in [3.8, 4) is 11.3 Å². The van der Waals surface area contributed by atoms with E-state index in [0.717, 1.165) is 66.8 Å². The number of carbonyl (C=O) groups excluding carboxylic acids is 1. The Morgan fingerprint density at radius 1 is 1.11 bits per heavy atom. The highest BCUT2D eigenvalue weighted by Gasteiger charge is 2.20. The minimum absolute atomic E-state index is 0.245. The van der Waals surface area contributed by atoms with Gasteiger partial charge in [-0.05, 0) is 32.3 Å². The van der Waals surface area contributed by atoms with Crippen molar-refractivity contribution in [2.45, 2.75) is 58.6 Å². The van der Waals surface area contributed by atoms with Crippen molar-refractivity contribution in [2.24, 2.45) is 0 Å². The number of carbonyl (C=O) groups is 1. The van der Waals surface area contributed by atoms with E-state index in [2.05, 4.69) is 52.6 Å². The van der Waals surface area contributed by atoms with Gasteiger partial charge in [0.15, 0.2) is 5.65 Å². The first kappa shape index (κ1) is 26.0. The summed E-state index contributed by atoms with van der Waals surface area (Å²) < 4.78 is 13.4. The Bertz CT molecular complexity index is 1130. The molecule has 0 saturated carbocycles. The first-order chi connectivity index (χ1) is 17.6. The number of morpholine rings is 1. The van der Waals surface area contributed by atoms with Crippen LogP contribution in [-0.2, 0) is 20.9 Å². The van der Waals surface area contributed by atoms with Gasteiger partial charge in [0.2, 0.25) is 11.9 Å². The molecule has 10 nitrogen and oxygen atoms in total. The molecule has 1 aliphatic heterocycles. The maximum absolute atomic E-state index is 11.0. The van der Waals surface area contributed by atoms with Crippen molar-refractivity contribution in [3.63, 3.8) is 0 Å². The number of unbranched alkanes of at least 4 members (excludes halogenated alkanes) is 3. The number of ether oxygens (including phenoxy) is 2. The summed E-state index contributed by atoms with van der Waals surface area (Å²) in [6.45, 7) is 8.38. The Balaban J connectivity index is 1.39. The SMILES string of the molecule is CC(C)n1cnc2c(-c3ccc(COCCCCCCC(=O)NO)cc3)nc(N3CCOCC3)nc21. The Hall–Kier alpha value is -3.08. The van der Waals surface area contributed by atoms with E-state index in [1.54, 1.807) is 5.48 Å². The molecule has 1 aromatic carbocycles. The quantitative estimate of drug-likeness (QED) is 0.221. The molecule has 0 bridgehead atoms. The van der Waals surface area contributed by atoms with Gasteiger partial charge in [0, 0.05) is 37.7 Å². The van der Waals surface area contributed by atoms with E-state index in [1.807, 2.05) is 6.33 Å². The normalized spacial score (nSPS) is 14.1. The lowest BCUT2D eigenvalue weighted by Gasteiger charge is -2.27. The van der Waals surface area contributed by atoms with Crippen LogP contribution in [0.3, 0.4) is 0 Å². The van der Waals surface area contributed by atoms with Crippen LogP contribution in [-0.4, -0.2) is 63.5 Å². The van der Waals surface area contributed by atoms with Crippen LogP contribution in [0.4, 0.5) is 5.95 Å². The van der Waals surface area contributed by atoms with Gasteiger partial charge >= 0.3 is 0 Å².